The summed E-state index contributed by atoms with van der Waals surface area (Å²) in [5.41, 5.74) is 8.11. The Kier molecular flexibility index (Phi) is 11.1. The zero-order chi connectivity index (χ0) is 42.4. The van der Waals surface area contributed by atoms with Gasteiger partial charge in [0.1, 0.15) is 0 Å². The van der Waals surface area contributed by atoms with Crippen molar-refractivity contribution in [3.05, 3.63) is 161 Å². The molecule has 4 aliphatic rings. The van der Waals surface area contributed by atoms with Gasteiger partial charge in [-0.1, -0.05) is 142 Å². The van der Waals surface area contributed by atoms with Crippen LogP contribution in [0.3, 0.4) is 0 Å². The summed E-state index contributed by atoms with van der Waals surface area (Å²) in [6.45, 7) is 0. The highest BCUT2D eigenvalue weighted by atomic mass is 32.1. The molecule has 3 unspecified atom stereocenters. The van der Waals surface area contributed by atoms with Crippen molar-refractivity contribution < 1.29 is 0 Å². The molecule has 3 fully saturated rings. The van der Waals surface area contributed by atoms with Gasteiger partial charge >= 0.3 is 0 Å². The van der Waals surface area contributed by atoms with Crippen LogP contribution in [0.2, 0.25) is 0 Å². The van der Waals surface area contributed by atoms with Crippen LogP contribution in [0.15, 0.2) is 146 Å². The molecule has 6 aromatic carbocycles. The van der Waals surface area contributed by atoms with Crippen LogP contribution in [-0.2, 0) is 0 Å². The third-order valence-corrected chi connectivity index (χ3v) is 18.3. The van der Waals surface area contributed by atoms with E-state index in [1.807, 2.05) is 22.7 Å². The minimum absolute atomic E-state index is 0.369. The molecule has 4 aliphatic carbocycles. The Morgan fingerprint density at radius 2 is 1.16 bits per heavy atom. The van der Waals surface area contributed by atoms with Gasteiger partial charge in [0.15, 0.2) is 0 Å². The van der Waals surface area contributed by atoms with E-state index in [9.17, 15) is 0 Å². The van der Waals surface area contributed by atoms with Crippen molar-refractivity contribution in [2.24, 2.45) is 11.8 Å². The number of rotatable bonds is 9. The van der Waals surface area contributed by atoms with Crippen LogP contribution in [0.25, 0.3) is 53.5 Å². The van der Waals surface area contributed by atoms with Gasteiger partial charge in [0, 0.05) is 63.9 Å². The average Bonchev–Trinajstić information content (AvgIpc) is 3.93. The molecule has 0 bridgehead atoms. The van der Waals surface area contributed by atoms with Crippen LogP contribution in [0, 0.1) is 11.8 Å². The largest absolute Gasteiger partial charge is 0.362 e. The van der Waals surface area contributed by atoms with Crippen LogP contribution >= 0.6 is 22.7 Å². The van der Waals surface area contributed by atoms with Gasteiger partial charge in [0.25, 0.3) is 0 Å². The lowest BCUT2D eigenvalue weighted by atomic mass is 9.72. The van der Waals surface area contributed by atoms with E-state index in [0.717, 1.165) is 24.7 Å². The molecule has 0 spiro atoms. The van der Waals surface area contributed by atoms with E-state index >= 15 is 0 Å². The first-order valence-electron chi connectivity index (χ1n) is 24.6. The van der Waals surface area contributed by atoms with Crippen LogP contribution < -0.4 is 19.6 Å². The van der Waals surface area contributed by atoms with Crippen molar-refractivity contribution in [1.29, 1.82) is 0 Å². The predicted octanol–water partition coefficient (Wildman–Crippen LogP) is 15.8. The molecule has 322 valence electrons. The molecule has 8 aromatic rings. The van der Waals surface area contributed by atoms with E-state index in [1.165, 1.54) is 151 Å². The fourth-order valence-electron chi connectivity index (χ4n) is 12.7. The molecule has 2 nitrogen and oxygen atoms in total. The Hall–Kier alpha value is -5.16. The second-order valence-corrected chi connectivity index (χ2v) is 21.8. The molecule has 64 heavy (non-hydrogen) atoms. The second-order valence-electron chi connectivity index (χ2n) is 19.6. The van der Waals surface area contributed by atoms with Crippen LogP contribution in [0.5, 0.6) is 0 Å². The number of fused-ring (bicyclic) bond motifs is 6. The molecule has 3 saturated carbocycles. The summed E-state index contributed by atoms with van der Waals surface area (Å²) in [6.07, 6.45) is 23.9. The summed E-state index contributed by atoms with van der Waals surface area (Å²) in [5, 5.41) is 5.63. The van der Waals surface area contributed by atoms with Gasteiger partial charge in [-0.2, -0.15) is 0 Å². The zero-order valence-electron chi connectivity index (χ0n) is 37.1. The molecule has 3 atom stereocenters. The Bertz CT molecular complexity index is 3020. The average molecular weight is 873 g/mol. The molecule has 2 aromatic heterocycles. The van der Waals surface area contributed by atoms with Crippen molar-refractivity contribution in [1.82, 2.24) is 0 Å². The van der Waals surface area contributed by atoms with Gasteiger partial charge in [-0.05, 0) is 146 Å². The first-order chi connectivity index (χ1) is 31.7. The van der Waals surface area contributed by atoms with Gasteiger partial charge in [0.2, 0.25) is 0 Å². The number of hydrogen-bond donors (Lipinski definition) is 0. The third kappa shape index (κ3) is 7.79. The van der Waals surface area contributed by atoms with Gasteiger partial charge in [-0.3, -0.25) is 0 Å². The molecular weight excluding hydrogens is 813 g/mol. The van der Waals surface area contributed by atoms with E-state index in [2.05, 4.69) is 168 Å². The van der Waals surface area contributed by atoms with Crippen molar-refractivity contribution in [2.75, 3.05) is 9.80 Å². The summed E-state index contributed by atoms with van der Waals surface area (Å²) in [6, 6.07) is 56.9. The Morgan fingerprint density at radius 3 is 1.98 bits per heavy atom. The molecule has 4 heteroatoms. The monoisotopic (exact) mass is 872 g/mol. The lowest BCUT2D eigenvalue weighted by Crippen LogP contribution is -2.47. The highest BCUT2D eigenvalue weighted by Crippen LogP contribution is 2.45. The highest BCUT2D eigenvalue weighted by Gasteiger charge is 2.35. The predicted molar refractivity (Wildman–Crippen MR) is 278 cm³/mol. The maximum atomic E-state index is 2.92. The molecular formula is C60H60N2S2. The van der Waals surface area contributed by atoms with Crippen molar-refractivity contribution in [3.63, 3.8) is 0 Å². The topological polar surface area (TPSA) is 6.48 Å². The smallest absolute Gasteiger partial charge is 0.0520 e. The number of anilines is 3. The first kappa shape index (κ1) is 40.4. The first-order valence-corrected chi connectivity index (χ1v) is 26.3. The second kappa shape index (κ2) is 17.7. The van der Waals surface area contributed by atoms with Crippen LogP contribution in [-0.4, -0.2) is 18.1 Å². The number of thiophene rings is 2. The summed E-state index contributed by atoms with van der Waals surface area (Å²) in [4.78, 5) is 5.64. The molecule has 2 heterocycles. The summed E-state index contributed by atoms with van der Waals surface area (Å²) >= 11 is 3.89. The van der Waals surface area contributed by atoms with Crippen molar-refractivity contribution in [3.8, 4) is 11.1 Å². The normalized spacial score (nSPS) is 22.8. The maximum Gasteiger partial charge on any atom is 0.0520 e. The fraction of sp³-hybridized carbons (Fsp3) is 0.333. The molecule has 0 N–H and O–H groups in total. The zero-order valence-corrected chi connectivity index (χ0v) is 38.7. The van der Waals surface area contributed by atoms with E-state index in [0.29, 0.717) is 24.0 Å². The standard InChI is InChI=1S/C60H60N2S2/c1-3-13-41(14-4-1)43-25-29-47(30-26-43)61(51-33-35-59-55(39-51)53-21-7-9-23-57(53)63-59)49-19-11-17-45(37-49)46-18-12-20-50(38-46)62(48-31-27-44(28-32-48)42-15-5-2-6-16-42)52-34-36-60-56(40-52)54-22-8-10-24-58(54)64-60/h1,3-4,7-10,12-14,18,20-26,29-30,33,35-36,38-40,42,44-45,48-49,52H,2,5-6,11,15-17,19,27-28,31-32,34,37H2. The summed E-state index contributed by atoms with van der Waals surface area (Å²) in [5.74, 6) is 2.40. The van der Waals surface area contributed by atoms with E-state index in [-0.39, 0.29) is 0 Å². The summed E-state index contributed by atoms with van der Waals surface area (Å²) < 4.78 is 5.61. The maximum absolute atomic E-state index is 2.92. The van der Waals surface area contributed by atoms with E-state index in [1.54, 1.807) is 0 Å². The lowest BCUT2D eigenvalue weighted by Gasteiger charge is -2.44. The van der Waals surface area contributed by atoms with Crippen LogP contribution in [0.4, 0.5) is 17.1 Å². The SMILES string of the molecule is C1=c2sc3ccccc3c2=CC(N(c2cccc(C3CCCC(N(c4ccc(-c5ccccc5)cc4)c4ccc5sc6ccccc6c5c4)C3)c2)C2CCC(C3CCCCC3)CC2)C1. The van der Waals surface area contributed by atoms with Gasteiger partial charge in [-0.25, -0.2) is 0 Å². The molecule has 12 rings (SSSR count). The fourth-order valence-corrected chi connectivity index (χ4v) is 15.0. The van der Waals surface area contributed by atoms with Crippen LogP contribution in [0.1, 0.15) is 101 Å². The van der Waals surface area contributed by atoms with Gasteiger partial charge < -0.3 is 9.80 Å². The molecule has 0 aliphatic heterocycles. The van der Waals surface area contributed by atoms with Crippen molar-refractivity contribution in [2.45, 2.75) is 114 Å². The Balaban J connectivity index is 0.881. The lowest BCUT2D eigenvalue weighted by molar-refractivity contribution is 0.183. The number of benzene rings is 6. The quantitative estimate of drug-likeness (QED) is 0.143. The molecule has 0 amide bonds. The van der Waals surface area contributed by atoms with Gasteiger partial charge in [0.05, 0.1) is 6.04 Å². The molecule has 0 saturated heterocycles. The van der Waals surface area contributed by atoms with Gasteiger partial charge in [-0.15, -0.1) is 22.7 Å². The number of hydrogen-bond acceptors (Lipinski definition) is 4. The molecule has 0 radical (unpaired) electrons. The minimum atomic E-state index is 0.369. The Labute approximate surface area is 387 Å². The number of nitrogens with zero attached hydrogens (tertiary/aromatic N) is 2. The third-order valence-electron chi connectivity index (χ3n) is 15.9. The van der Waals surface area contributed by atoms with E-state index in [4.69, 9.17) is 0 Å². The highest BCUT2D eigenvalue weighted by molar-refractivity contribution is 7.25. The van der Waals surface area contributed by atoms with E-state index < -0.39 is 0 Å². The Morgan fingerprint density at radius 1 is 0.453 bits per heavy atom. The minimum Gasteiger partial charge on any atom is -0.362 e. The van der Waals surface area contributed by atoms with Crippen molar-refractivity contribution >= 4 is 82.1 Å². The summed E-state index contributed by atoms with van der Waals surface area (Å²) in [7, 11) is 0.